The zero-order valence-electron chi connectivity index (χ0n) is 9.51. The van der Waals surface area contributed by atoms with Crippen molar-refractivity contribution in [1.29, 1.82) is 0 Å². The van der Waals surface area contributed by atoms with Gasteiger partial charge in [-0.15, -0.1) is 0 Å². The van der Waals surface area contributed by atoms with E-state index in [-0.39, 0.29) is 71.5 Å². The van der Waals surface area contributed by atoms with Gasteiger partial charge < -0.3 is 25.8 Å². The number of nitrogen functional groups attached to an aromatic ring is 1. The van der Waals surface area contributed by atoms with Gasteiger partial charge in [0, 0.05) is 6.20 Å². The summed E-state index contributed by atoms with van der Waals surface area (Å²) in [6.45, 7) is -0.371. The van der Waals surface area contributed by atoms with Gasteiger partial charge in [-0.25, -0.2) is 4.79 Å². The van der Waals surface area contributed by atoms with Crippen molar-refractivity contribution in [3.05, 3.63) is 22.7 Å². The first kappa shape index (κ1) is 20.5. The van der Waals surface area contributed by atoms with Gasteiger partial charge in [0.05, 0.1) is 13.2 Å². The fraction of sp³-hybridized carbons (Fsp3) is 0.600. The summed E-state index contributed by atoms with van der Waals surface area (Å²) in [4.78, 5) is 15.0. The van der Waals surface area contributed by atoms with Gasteiger partial charge in [-0.05, 0) is 6.07 Å². The van der Waals surface area contributed by atoms with E-state index in [4.69, 9.17) is 15.6 Å². The van der Waals surface area contributed by atoms with Gasteiger partial charge in [-0.1, -0.05) is 0 Å². The molecule has 1 fully saturated rings. The molecule has 0 unspecified atom stereocenters. The molecule has 104 valence electrons. The molecule has 10 heteroatoms. The van der Waals surface area contributed by atoms with Crippen molar-refractivity contribution >= 4 is 64.9 Å². The number of aliphatic hydroxyl groups excluding tert-OH is 3. The van der Waals surface area contributed by atoms with Crippen LogP contribution < -0.4 is 11.4 Å². The minimum absolute atomic E-state index is 0. The molecule has 0 saturated carbocycles. The van der Waals surface area contributed by atoms with Crippen molar-refractivity contribution in [2.75, 3.05) is 12.3 Å². The van der Waals surface area contributed by atoms with Crippen LogP contribution in [-0.2, 0) is 11.3 Å². The Kier molecular flexibility index (Phi) is 9.07. The summed E-state index contributed by atoms with van der Waals surface area (Å²) < 4.78 is 6.47. The number of hydrogen-bond donors (Lipinski definition) is 4. The normalized spacial score (nSPS) is 28.6. The molecule has 0 amide bonds. The van der Waals surface area contributed by atoms with E-state index < -0.39 is 36.7 Å². The fourth-order valence-corrected chi connectivity index (χ4v) is 1.90. The quantitative estimate of drug-likeness (QED) is 0.419. The molecule has 1 saturated heterocycles. The molecule has 1 aromatic heterocycles. The van der Waals surface area contributed by atoms with Crippen molar-refractivity contribution in [2.24, 2.45) is 0 Å². The number of aromatic nitrogens is 2. The maximum atomic E-state index is 11.5. The van der Waals surface area contributed by atoms with Gasteiger partial charge in [0.2, 0.25) is 0 Å². The van der Waals surface area contributed by atoms with Crippen LogP contribution >= 0.6 is 0 Å². The SMILES string of the molecule is Nc1ccn(C[C@@H]2O[C@H](CO)[C@@H](O)[C@H]2O)c(=O)n1.[NaH].[NaH]. The van der Waals surface area contributed by atoms with Crippen molar-refractivity contribution in [2.45, 2.75) is 31.0 Å². The van der Waals surface area contributed by atoms with E-state index in [1.807, 2.05) is 0 Å². The molecule has 8 nitrogen and oxygen atoms in total. The summed E-state index contributed by atoms with van der Waals surface area (Å²) in [5.74, 6) is 0.109. The van der Waals surface area contributed by atoms with Crippen LogP contribution in [0.5, 0.6) is 0 Å². The molecule has 1 aliphatic rings. The van der Waals surface area contributed by atoms with Crippen molar-refractivity contribution in [1.82, 2.24) is 9.55 Å². The summed E-state index contributed by atoms with van der Waals surface area (Å²) in [6, 6.07) is 1.45. The van der Waals surface area contributed by atoms with Crippen LogP contribution in [0.2, 0.25) is 0 Å². The molecule has 0 aliphatic carbocycles. The number of anilines is 1. The number of rotatable bonds is 3. The van der Waals surface area contributed by atoms with E-state index >= 15 is 0 Å². The van der Waals surface area contributed by atoms with E-state index in [1.165, 1.54) is 16.8 Å². The number of ether oxygens (including phenoxy) is 1. The van der Waals surface area contributed by atoms with Crippen LogP contribution in [0, 0.1) is 0 Å². The monoisotopic (exact) mass is 305 g/mol. The molecular weight excluding hydrogens is 288 g/mol. The van der Waals surface area contributed by atoms with Crippen LogP contribution in [0.4, 0.5) is 5.82 Å². The summed E-state index contributed by atoms with van der Waals surface area (Å²) >= 11 is 0. The predicted octanol–water partition coefficient (Wildman–Crippen LogP) is -3.99. The second-order valence-corrected chi connectivity index (χ2v) is 4.16. The van der Waals surface area contributed by atoms with Gasteiger partial charge in [-0.2, -0.15) is 4.98 Å². The van der Waals surface area contributed by atoms with E-state index in [9.17, 15) is 15.0 Å². The van der Waals surface area contributed by atoms with Crippen LogP contribution in [0.1, 0.15) is 0 Å². The molecule has 0 spiro atoms. The molecule has 2 rings (SSSR count). The topological polar surface area (TPSA) is 131 Å². The van der Waals surface area contributed by atoms with Crippen molar-refractivity contribution in [3.8, 4) is 0 Å². The van der Waals surface area contributed by atoms with E-state index in [0.717, 1.165) is 0 Å². The van der Waals surface area contributed by atoms with Gasteiger partial charge in [-0.3, -0.25) is 4.57 Å². The van der Waals surface area contributed by atoms with E-state index in [1.54, 1.807) is 0 Å². The van der Waals surface area contributed by atoms with Crippen molar-refractivity contribution < 1.29 is 20.1 Å². The summed E-state index contributed by atoms with van der Waals surface area (Å²) in [7, 11) is 0. The van der Waals surface area contributed by atoms with Gasteiger partial charge in [0.1, 0.15) is 30.2 Å². The molecule has 0 radical (unpaired) electrons. The Bertz CT molecular complexity index is 486. The van der Waals surface area contributed by atoms with Crippen LogP contribution in [0.25, 0.3) is 0 Å². The van der Waals surface area contributed by atoms with E-state index in [2.05, 4.69) is 4.98 Å². The Morgan fingerprint density at radius 2 is 1.90 bits per heavy atom. The first-order valence-corrected chi connectivity index (χ1v) is 5.48. The van der Waals surface area contributed by atoms with Crippen molar-refractivity contribution in [3.63, 3.8) is 0 Å². The average Bonchev–Trinajstić information content (AvgIpc) is 2.60. The molecule has 0 bridgehead atoms. The molecule has 0 aromatic carbocycles. The Morgan fingerprint density at radius 3 is 2.40 bits per heavy atom. The summed E-state index contributed by atoms with van der Waals surface area (Å²) in [6.07, 6.45) is -2.52. The Labute approximate surface area is 159 Å². The molecule has 1 aromatic rings. The maximum absolute atomic E-state index is 11.5. The third kappa shape index (κ3) is 4.51. The number of nitrogens with two attached hydrogens (primary N) is 1. The Balaban J connectivity index is 0.00000180. The third-order valence-corrected chi connectivity index (χ3v) is 2.91. The second kappa shape index (κ2) is 8.84. The Morgan fingerprint density at radius 1 is 1.30 bits per heavy atom. The molecule has 20 heavy (non-hydrogen) atoms. The third-order valence-electron chi connectivity index (χ3n) is 2.91. The number of aliphatic hydroxyl groups is 3. The van der Waals surface area contributed by atoms with Gasteiger partial charge >= 0.3 is 64.8 Å². The first-order chi connectivity index (χ1) is 8.52. The van der Waals surface area contributed by atoms with Gasteiger partial charge in [0.25, 0.3) is 0 Å². The zero-order chi connectivity index (χ0) is 13.3. The number of hydrogen-bond acceptors (Lipinski definition) is 7. The van der Waals surface area contributed by atoms with Crippen LogP contribution in [0.3, 0.4) is 0 Å². The van der Waals surface area contributed by atoms with Crippen LogP contribution in [0.15, 0.2) is 17.1 Å². The second-order valence-electron chi connectivity index (χ2n) is 4.16. The first-order valence-electron chi connectivity index (χ1n) is 5.48. The molecule has 1 aliphatic heterocycles. The van der Waals surface area contributed by atoms with Crippen LogP contribution in [-0.4, -0.2) is 115 Å². The molecule has 2 heterocycles. The Hall–Kier alpha value is 0.520. The fourth-order valence-electron chi connectivity index (χ4n) is 1.90. The molecule has 5 N–H and O–H groups in total. The average molecular weight is 305 g/mol. The molecule has 4 atom stereocenters. The number of nitrogens with zero attached hydrogens (tertiary/aromatic N) is 2. The summed E-state index contributed by atoms with van der Waals surface area (Å²) in [5, 5.41) is 28.2. The minimum atomic E-state index is -1.17. The summed E-state index contributed by atoms with van der Waals surface area (Å²) in [5.41, 5.74) is 4.79. The standard InChI is InChI=1S/C10H15N3O5.2Na.2H/c11-7-1-2-13(10(17)12-7)3-5-8(15)9(16)6(4-14)18-5;;;;/h1-2,5-6,8-9,14-16H,3-4H2,(H2,11,12,17);;;;/t5-,6+,8-,9+;;;;/m0..../s1. The zero-order valence-corrected chi connectivity index (χ0v) is 9.51. The van der Waals surface area contributed by atoms with E-state index in [0.29, 0.717) is 0 Å². The molecular formula is C10H17N3Na2O5. The predicted molar refractivity (Wildman–Crippen MR) is 75.0 cm³/mol. The van der Waals surface area contributed by atoms with Gasteiger partial charge in [0.15, 0.2) is 0 Å².